The molecule has 0 saturated carbocycles. The Hall–Kier alpha value is -1.93. The first kappa shape index (κ1) is 16.5. The van der Waals surface area contributed by atoms with Crippen molar-refractivity contribution in [3.8, 4) is 0 Å². The van der Waals surface area contributed by atoms with Gasteiger partial charge in [-0.05, 0) is 44.0 Å². The zero-order valence-electron chi connectivity index (χ0n) is 13.8. The standard InChI is InChI=1S/C17H18BrN3O4/c1-8-7-21-12-4-3-11(18)5-10(12)6-17(13(21)9(2)25-8)14(22)19-16(24)20-15(17)23/h3-5,8-9,13H,6-7H2,1-2H3,(H2,19,20,22,23,24). The van der Waals surface area contributed by atoms with Crippen LogP contribution in [0.3, 0.4) is 0 Å². The number of nitrogens with zero attached hydrogens (tertiary/aromatic N) is 1. The Morgan fingerprint density at radius 1 is 1.20 bits per heavy atom. The van der Waals surface area contributed by atoms with Gasteiger partial charge in [0, 0.05) is 16.7 Å². The minimum atomic E-state index is -1.40. The summed E-state index contributed by atoms with van der Waals surface area (Å²) in [6.45, 7) is 4.41. The summed E-state index contributed by atoms with van der Waals surface area (Å²) in [6.07, 6.45) is -0.157. The van der Waals surface area contributed by atoms with Crippen LogP contribution in [0.1, 0.15) is 19.4 Å². The van der Waals surface area contributed by atoms with Crippen LogP contribution in [0, 0.1) is 5.41 Å². The number of urea groups is 1. The van der Waals surface area contributed by atoms with Crippen molar-refractivity contribution in [1.82, 2.24) is 10.6 Å². The van der Waals surface area contributed by atoms with E-state index in [9.17, 15) is 14.4 Å². The SMILES string of the molecule is CC1CN2c3ccc(Br)cc3CC3(C(=O)NC(=O)NC3=O)C2C(C)O1. The topological polar surface area (TPSA) is 87.7 Å². The van der Waals surface area contributed by atoms with Crippen LogP contribution in [-0.2, 0) is 20.7 Å². The van der Waals surface area contributed by atoms with E-state index in [1.165, 1.54) is 0 Å². The lowest BCUT2D eigenvalue weighted by Crippen LogP contribution is -2.75. The van der Waals surface area contributed by atoms with Crippen molar-refractivity contribution in [3.05, 3.63) is 28.2 Å². The third kappa shape index (κ3) is 2.31. The first-order valence-corrected chi connectivity index (χ1v) is 8.99. The third-order valence-electron chi connectivity index (χ3n) is 5.27. The molecular weight excluding hydrogens is 390 g/mol. The highest BCUT2D eigenvalue weighted by atomic mass is 79.9. The molecule has 0 bridgehead atoms. The first-order chi connectivity index (χ1) is 11.8. The Morgan fingerprint density at radius 3 is 2.56 bits per heavy atom. The van der Waals surface area contributed by atoms with E-state index in [-0.39, 0.29) is 18.6 Å². The van der Waals surface area contributed by atoms with E-state index in [2.05, 4.69) is 31.5 Å². The molecule has 3 aliphatic rings. The van der Waals surface area contributed by atoms with Gasteiger partial charge in [0.1, 0.15) is 0 Å². The number of anilines is 1. The van der Waals surface area contributed by atoms with Crippen LogP contribution in [0.4, 0.5) is 10.5 Å². The molecule has 25 heavy (non-hydrogen) atoms. The maximum atomic E-state index is 12.9. The second-order valence-corrected chi connectivity index (χ2v) is 7.82. The van der Waals surface area contributed by atoms with Crippen LogP contribution in [-0.4, -0.2) is 42.6 Å². The average molecular weight is 408 g/mol. The molecule has 2 saturated heterocycles. The molecule has 1 aromatic rings. The van der Waals surface area contributed by atoms with Gasteiger partial charge >= 0.3 is 6.03 Å². The molecule has 3 aliphatic heterocycles. The lowest BCUT2D eigenvalue weighted by atomic mass is 9.66. The molecule has 4 amide bonds. The van der Waals surface area contributed by atoms with Crippen LogP contribution >= 0.6 is 15.9 Å². The molecule has 0 radical (unpaired) electrons. The van der Waals surface area contributed by atoms with Crippen LogP contribution in [0.5, 0.6) is 0 Å². The number of morpholine rings is 1. The molecule has 2 N–H and O–H groups in total. The molecule has 8 heteroatoms. The number of ether oxygens (including phenoxy) is 1. The van der Waals surface area contributed by atoms with Crippen LogP contribution < -0.4 is 15.5 Å². The van der Waals surface area contributed by atoms with Gasteiger partial charge in [-0.25, -0.2) is 4.79 Å². The number of carbonyl (C=O) groups is 3. The highest BCUT2D eigenvalue weighted by molar-refractivity contribution is 9.10. The molecule has 0 aromatic heterocycles. The fraction of sp³-hybridized carbons (Fsp3) is 0.471. The maximum Gasteiger partial charge on any atom is 0.328 e. The molecule has 4 rings (SSSR count). The molecule has 3 atom stereocenters. The molecule has 3 unspecified atom stereocenters. The van der Waals surface area contributed by atoms with E-state index in [4.69, 9.17) is 4.74 Å². The van der Waals surface area contributed by atoms with Crippen LogP contribution in [0.25, 0.3) is 0 Å². The van der Waals surface area contributed by atoms with Crippen molar-refractivity contribution < 1.29 is 19.1 Å². The van der Waals surface area contributed by atoms with Crippen LogP contribution in [0.2, 0.25) is 0 Å². The van der Waals surface area contributed by atoms with E-state index in [1.54, 1.807) is 0 Å². The average Bonchev–Trinajstić information content (AvgIpc) is 2.51. The van der Waals surface area contributed by atoms with Gasteiger partial charge in [0.2, 0.25) is 11.8 Å². The quantitative estimate of drug-likeness (QED) is 0.633. The first-order valence-electron chi connectivity index (χ1n) is 8.20. The van der Waals surface area contributed by atoms with E-state index in [1.807, 2.05) is 32.0 Å². The normalized spacial score (nSPS) is 30.4. The Balaban J connectivity index is 1.92. The van der Waals surface area contributed by atoms with Crippen molar-refractivity contribution in [2.75, 3.05) is 11.4 Å². The van der Waals surface area contributed by atoms with Gasteiger partial charge in [0.25, 0.3) is 0 Å². The Morgan fingerprint density at radius 2 is 1.88 bits per heavy atom. The monoisotopic (exact) mass is 407 g/mol. The smallest absolute Gasteiger partial charge is 0.328 e. The van der Waals surface area contributed by atoms with E-state index >= 15 is 0 Å². The number of benzene rings is 1. The minimum absolute atomic E-state index is 0.0331. The summed E-state index contributed by atoms with van der Waals surface area (Å²) < 4.78 is 6.83. The van der Waals surface area contributed by atoms with Gasteiger partial charge in [0.15, 0.2) is 5.41 Å². The van der Waals surface area contributed by atoms with Gasteiger partial charge in [-0.15, -0.1) is 0 Å². The third-order valence-corrected chi connectivity index (χ3v) is 5.76. The van der Waals surface area contributed by atoms with E-state index in [0.717, 1.165) is 15.7 Å². The zero-order chi connectivity index (χ0) is 17.9. The molecule has 132 valence electrons. The van der Waals surface area contributed by atoms with Crippen LogP contribution in [0.15, 0.2) is 22.7 Å². The summed E-state index contributed by atoms with van der Waals surface area (Å²) in [7, 11) is 0. The summed E-state index contributed by atoms with van der Waals surface area (Å²) in [4.78, 5) is 39.4. The van der Waals surface area contributed by atoms with Crippen molar-refractivity contribution in [2.24, 2.45) is 5.41 Å². The highest BCUT2D eigenvalue weighted by Crippen LogP contribution is 2.47. The van der Waals surface area contributed by atoms with Gasteiger partial charge in [-0.1, -0.05) is 15.9 Å². The van der Waals surface area contributed by atoms with Crippen molar-refractivity contribution in [3.63, 3.8) is 0 Å². The van der Waals surface area contributed by atoms with Gasteiger partial charge in [-0.2, -0.15) is 0 Å². The molecule has 1 aromatic carbocycles. The Kier molecular flexibility index (Phi) is 3.66. The largest absolute Gasteiger partial charge is 0.372 e. The lowest BCUT2D eigenvalue weighted by molar-refractivity contribution is -0.153. The molecule has 0 aliphatic carbocycles. The van der Waals surface area contributed by atoms with E-state index in [0.29, 0.717) is 6.54 Å². The number of fused-ring (bicyclic) bond motifs is 4. The molecular formula is C17H18BrN3O4. The number of nitrogens with one attached hydrogen (secondary N) is 2. The second kappa shape index (κ2) is 5.54. The number of rotatable bonds is 0. The molecule has 1 spiro atoms. The fourth-order valence-corrected chi connectivity index (χ4v) is 4.82. The molecule has 7 nitrogen and oxygen atoms in total. The number of amides is 4. The highest BCUT2D eigenvalue weighted by Gasteiger charge is 2.62. The van der Waals surface area contributed by atoms with E-state index < -0.39 is 29.3 Å². The zero-order valence-corrected chi connectivity index (χ0v) is 15.4. The van der Waals surface area contributed by atoms with Gasteiger partial charge in [0.05, 0.1) is 18.2 Å². The number of hydrogen-bond donors (Lipinski definition) is 2. The number of imide groups is 2. The second-order valence-electron chi connectivity index (χ2n) is 6.91. The Labute approximate surface area is 153 Å². The van der Waals surface area contributed by atoms with Crippen molar-refractivity contribution in [1.29, 1.82) is 0 Å². The van der Waals surface area contributed by atoms with Crippen molar-refractivity contribution in [2.45, 2.75) is 38.5 Å². The lowest BCUT2D eigenvalue weighted by Gasteiger charge is -2.55. The van der Waals surface area contributed by atoms with Gasteiger partial charge in [-0.3, -0.25) is 20.2 Å². The summed E-state index contributed by atoms with van der Waals surface area (Å²) in [6, 6.07) is 4.61. The van der Waals surface area contributed by atoms with Gasteiger partial charge < -0.3 is 9.64 Å². The fourth-order valence-electron chi connectivity index (χ4n) is 4.42. The molecule has 3 heterocycles. The number of halogens is 1. The minimum Gasteiger partial charge on any atom is -0.372 e. The van der Waals surface area contributed by atoms with Crippen molar-refractivity contribution >= 4 is 39.5 Å². The predicted octanol–water partition coefficient (Wildman–Crippen LogP) is 1.34. The predicted molar refractivity (Wildman–Crippen MR) is 93.1 cm³/mol. The molecule has 2 fully saturated rings. The summed E-state index contributed by atoms with van der Waals surface area (Å²) in [5, 5.41) is 4.55. The maximum absolute atomic E-state index is 12.9. The summed E-state index contributed by atoms with van der Waals surface area (Å²) in [5.41, 5.74) is 0.492. The Bertz CT molecular complexity index is 776. The number of hydrogen-bond acceptors (Lipinski definition) is 5. The number of carbonyl (C=O) groups excluding carboxylic acids is 3. The summed E-state index contributed by atoms with van der Waals surface area (Å²) in [5.74, 6) is -1.13. The number of barbiturate groups is 1. The summed E-state index contributed by atoms with van der Waals surface area (Å²) >= 11 is 3.46.